The first-order chi connectivity index (χ1) is 9.47. The minimum Gasteiger partial charge on any atom is -0.368 e. The van der Waals surface area contributed by atoms with Crippen molar-refractivity contribution in [1.82, 2.24) is 5.32 Å². The molecule has 6 heteroatoms. The molecule has 1 aliphatic rings. The summed E-state index contributed by atoms with van der Waals surface area (Å²) in [6.07, 6.45) is 0.883. The number of carbonyl (C=O) groups excluding carboxylic acids is 2. The number of primary amides is 1. The molecular weight excluding hydrogens is 263 g/mol. The summed E-state index contributed by atoms with van der Waals surface area (Å²) in [5.74, 6) is -1.49. The molecule has 1 aromatic rings. The summed E-state index contributed by atoms with van der Waals surface area (Å²) in [6, 6.07) is 4.28. The van der Waals surface area contributed by atoms with Crippen LogP contribution in [0.2, 0.25) is 0 Å². The third-order valence-corrected chi connectivity index (χ3v) is 3.30. The predicted molar refractivity (Wildman–Crippen MR) is 70.0 cm³/mol. The van der Waals surface area contributed by atoms with Gasteiger partial charge in [0.25, 0.3) is 0 Å². The van der Waals surface area contributed by atoms with Crippen LogP contribution in [0.5, 0.6) is 0 Å². The molecule has 20 heavy (non-hydrogen) atoms. The fourth-order valence-corrected chi connectivity index (χ4v) is 2.20. The van der Waals surface area contributed by atoms with Crippen LogP contribution in [0.1, 0.15) is 31.4 Å². The Balaban J connectivity index is 2.08. The molecule has 0 aliphatic carbocycles. The Morgan fingerprint density at radius 1 is 1.35 bits per heavy atom. The highest BCUT2D eigenvalue weighted by Gasteiger charge is 2.31. The predicted octanol–water partition coefficient (Wildman–Crippen LogP) is 1.04. The van der Waals surface area contributed by atoms with E-state index in [1.54, 1.807) is 0 Å². The maximum absolute atomic E-state index is 12.9. The smallest absolute Gasteiger partial charge is 0.250 e. The molecule has 2 amide bonds. The molecule has 1 saturated heterocycles. The molecule has 108 valence electrons. The van der Waals surface area contributed by atoms with Gasteiger partial charge in [-0.2, -0.15) is 0 Å². The van der Waals surface area contributed by atoms with Gasteiger partial charge in [0.15, 0.2) is 0 Å². The van der Waals surface area contributed by atoms with Gasteiger partial charge >= 0.3 is 0 Å². The molecule has 3 atom stereocenters. The van der Waals surface area contributed by atoms with E-state index in [-0.39, 0.29) is 12.0 Å². The fourth-order valence-electron chi connectivity index (χ4n) is 2.20. The van der Waals surface area contributed by atoms with Gasteiger partial charge in [-0.1, -0.05) is 12.1 Å². The number of carbonyl (C=O) groups is 2. The normalized spacial score (nSPS) is 23.3. The molecule has 0 spiro atoms. The highest BCUT2D eigenvalue weighted by Crippen LogP contribution is 2.21. The van der Waals surface area contributed by atoms with Crippen molar-refractivity contribution in [2.45, 2.75) is 38.0 Å². The summed E-state index contributed by atoms with van der Waals surface area (Å²) in [4.78, 5) is 23.5. The standard InChI is InChI=1S/C14H17FN2O3/c1-8-2-7-11(20-8)14(19)17-12(13(16)18)9-3-5-10(15)6-4-9/h3-6,8,11-12H,2,7H2,1H3,(H2,16,18)(H,17,19)/t8-,11-,12-/m1/s1. The molecule has 3 N–H and O–H groups in total. The molecule has 0 bridgehead atoms. The van der Waals surface area contributed by atoms with Crippen LogP contribution < -0.4 is 11.1 Å². The number of rotatable bonds is 4. The van der Waals surface area contributed by atoms with Gasteiger partial charge in [0.1, 0.15) is 18.0 Å². The maximum atomic E-state index is 12.9. The Morgan fingerprint density at radius 3 is 2.50 bits per heavy atom. The van der Waals surface area contributed by atoms with Crippen molar-refractivity contribution in [2.75, 3.05) is 0 Å². The van der Waals surface area contributed by atoms with Gasteiger partial charge in [-0.3, -0.25) is 9.59 Å². The van der Waals surface area contributed by atoms with Gasteiger partial charge in [-0.15, -0.1) is 0 Å². The number of nitrogens with two attached hydrogens (primary N) is 1. The van der Waals surface area contributed by atoms with Crippen LogP contribution >= 0.6 is 0 Å². The molecule has 2 rings (SSSR count). The van der Waals surface area contributed by atoms with E-state index >= 15 is 0 Å². The van der Waals surface area contributed by atoms with Gasteiger partial charge < -0.3 is 15.8 Å². The lowest BCUT2D eigenvalue weighted by atomic mass is 10.1. The number of nitrogens with one attached hydrogen (secondary N) is 1. The summed E-state index contributed by atoms with van der Waals surface area (Å²) < 4.78 is 18.3. The molecule has 0 unspecified atom stereocenters. The number of benzene rings is 1. The second-order valence-electron chi connectivity index (χ2n) is 4.91. The molecular formula is C14H17FN2O3. The molecule has 0 aromatic heterocycles. The van der Waals surface area contributed by atoms with Crippen LogP contribution in [0, 0.1) is 5.82 Å². The number of halogens is 1. The number of ether oxygens (including phenoxy) is 1. The molecule has 1 heterocycles. The van der Waals surface area contributed by atoms with Crippen LogP contribution in [-0.4, -0.2) is 24.0 Å². The van der Waals surface area contributed by atoms with Crippen LogP contribution in [0.4, 0.5) is 4.39 Å². The lowest BCUT2D eigenvalue weighted by Gasteiger charge is -2.18. The van der Waals surface area contributed by atoms with E-state index in [4.69, 9.17) is 10.5 Å². The summed E-state index contributed by atoms with van der Waals surface area (Å²) >= 11 is 0. The van der Waals surface area contributed by atoms with Crippen LogP contribution in [0.25, 0.3) is 0 Å². The second kappa shape index (κ2) is 6.00. The van der Waals surface area contributed by atoms with E-state index in [1.807, 2.05) is 6.92 Å². The number of hydrogen-bond acceptors (Lipinski definition) is 3. The summed E-state index contributed by atoms with van der Waals surface area (Å²) in [5, 5.41) is 2.55. The van der Waals surface area contributed by atoms with Crippen LogP contribution in [0.15, 0.2) is 24.3 Å². The third kappa shape index (κ3) is 3.33. The lowest BCUT2D eigenvalue weighted by Crippen LogP contribution is -2.42. The highest BCUT2D eigenvalue weighted by atomic mass is 19.1. The van der Waals surface area contributed by atoms with E-state index in [1.165, 1.54) is 24.3 Å². The summed E-state index contributed by atoms with van der Waals surface area (Å²) in [7, 11) is 0. The zero-order valence-electron chi connectivity index (χ0n) is 11.1. The first-order valence-corrected chi connectivity index (χ1v) is 6.48. The van der Waals surface area contributed by atoms with E-state index < -0.39 is 23.9 Å². The molecule has 1 fully saturated rings. The lowest BCUT2D eigenvalue weighted by molar-refractivity contribution is -0.135. The van der Waals surface area contributed by atoms with E-state index in [9.17, 15) is 14.0 Å². The first-order valence-electron chi connectivity index (χ1n) is 6.48. The van der Waals surface area contributed by atoms with Crippen molar-refractivity contribution in [3.8, 4) is 0 Å². The second-order valence-corrected chi connectivity index (χ2v) is 4.91. The Morgan fingerprint density at radius 2 is 2.00 bits per heavy atom. The highest BCUT2D eigenvalue weighted by molar-refractivity contribution is 5.89. The average molecular weight is 280 g/mol. The quantitative estimate of drug-likeness (QED) is 0.864. The van der Waals surface area contributed by atoms with Crippen LogP contribution in [-0.2, 0) is 14.3 Å². The van der Waals surface area contributed by atoms with Crippen molar-refractivity contribution < 1.29 is 18.7 Å². The number of hydrogen-bond donors (Lipinski definition) is 2. The molecule has 0 saturated carbocycles. The Kier molecular flexibility index (Phi) is 4.34. The van der Waals surface area contributed by atoms with E-state index in [2.05, 4.69) is 5.32 Å². The zero-order chi connectivity index (χ0) is 14.7. The number of amides is 2. The minimum atomic E-state index is -0.984. The van der Waals surface area contributed by atoms with Crippen molar-refractivity contribution in [3.63, 3.8) is 0 Å². The third-order valence-electron chi connectivity index (χ3n) is 3.30. The van der Waals surface area contributed by atoms with Crippen LogP contribution in [0.3, 0.4) is 0 Å². The summed E-state index contributed by atoms with van der Waals surface area (Å²) in [5.41, 5.74) is 5.74. The first kappa shape index (κ1) is 14.5. The van der Waals surface area contributed by atoms with Crippen molar-refractivity contribution in [3.05, 3.63) is 35.6 Å². The molecule has 5 nitrogen and oxygen atoms in total. The molecule has 1 aliphatic heterocycles. The largest absolute Gasteiger partial charge is 0.368 e. The molecule has 0 radical (unpaired) electrons. The maximum Gasteiger partial charge on any atom is 0.250 e. The van der Waals surface area contributed by atoms with Crippen molar-refractivity contribution in [2.24, 2.45) is 5.73 Å². The van der Waals surface area contributed by atoms with Crippen molar-refractivity contribution in [1.29, 1.82) is 0 Å². The average Bonchev–Trinajstić information content (AvgIpc) is 2.83. The van der Waals surface area contributed by atoms with Gasteiger partial charge in [0.2, 0.25) is 11.8 Å². The van der Waals surface area contributed by atoms with Gasteiger partial charge in [-0.25, -0.2) is 4.39 Å². The Hall–Kier alpha value is -1.95. The van der Waals surface area contributed by atoms with Gasteiger partial charge in [-0.05, 0) is 37.5 Å². The SMILES string of the molecule is C[C@@H]1CC[C@H](C(=O)N[C@@H](C(N)=O)c2ccc(F)cc2)O1. The van der Waals surface area contributed by atoms with Gasteiger partial charge in [0, 0.05) is 0 Å². The Labute approximate surface area is 116 Å². The summed E-state index contributed by atoms with van der Waals surface area (Å²) in [6.45, 7) is 1.89. The molecule has 1 aromatic carbocycles. The fraction of sp³-hybridized carbons (Fsp3) is 0.429. The minimum absolute atomic E-state index is 0.0311. The van der Waals surface area contributed by atoms with E-state index in [0.29, 0.717) is 12.0 Å². The zero-order valence-corrected chi connectivity index (χ0v) is 11.1. The van der Waals surface area contributed by atoms with Gasteiger partial charge in [0.05, 0.1) is 6.10 Å². The van der Waals surface area contributed by atoms with E-state index in [0.717, 1.165) is 6.42 Å². The topological polar surface area (TPSA) is 81.4 Å². The monoisotopic (exact) mass is 280 g/mol. The van der Waals surface area contributed by atoms with Crippen molar-refractivity contribution >= 4 is 11.8 Å². The Bertz CT molecular complexity index is 504.